The molecule has 2 nitrogen and oxygen atoms in total. The molecule has 2 unspecified atom stereocenters. The standard InChI is InChI=1S/C23H35NOS/c1-5-11-21(25-4)15-14-18(2)12-9-7-6-8-10-13-20-17-26-23(24-20)22-16-19(22)3/h7,9-10,12-13,17,19,21-22H,5-6,8,11,14-16H2,1-4H3/b9-7+,13-10-,18-12+/t19?,21-,22?/m0/s1. The highest BCUT2D eigenvalue weighted by Crippen LogP contribution is 2.47. The second kappa shape index (κ2) is 11.5. The van der Waals surface area contributed by atoms with Crippen molar-refractivity contribution in [1.29, 1.82) is 0 Å². The number of hydrogen-bond donors (Lipinski definition) is 0. The average molecular weight is 374 g/mol. The Morgan fingerprint density at radius 3 is 2.81 bits per heavy atom. The topological polar surface area (TPSA) is 22.1 Å². The van der Waals surface area contributed by atoms with Gasteiger partial charge in [-0.3, -0.25) is 0 Å². The lowest BCUT2D eigenvalue weighted by atomic mass is 10.0. The molecule has 1 aromatic heterocycles. The Kier molecular flexibility index (Phi) is 9.35. The molecule has 0 saturated heterocycles. The van der Waals surface area contributed by atoms with Crippen LogP contribution in [0.15, 0.2) is 35.3 Å². The zero-order valence-electron chi connectivity index (χ0n) is 16.9. The largest absolute Gasteiger partial charge is 0.381 e. The quantitative estimate of drug-likeness (QED) is 0.286. The number of aromatic nitrogens is 1. The predicted octanol–water partition coefficient (Wildman–Crippen LogP) is 7.16. The highest BCUT2D eigenvalue weighted by atomic mass is 32.1. The predicted molar refractivity (Wildman–Crippen MR) is 115 cm³/mol. The Morgan fingerprint density at radius 2 is 2.12 bits per heavy atom. The van der Waals surface area contributed by atoms with Crippen LogP contribution in [0.1, 0.15) is 82.3 Å². The fourth-order valence-corrected chi connectivity index (χ4v) is 4.15. The second-order valence-electron chi connectivity index (χ2n) is 7.54. The van der Waals surface area contributed by atoms with E-state index in [2.05, 4.69) is 56.5 Å². The molecule has 1 aliphatic carbocycles. The van der Waals surface area contributed by atoms with Crippen molar-refractivity contribution in [3.63, 3.8) is 0 Å². The van der Waals surface area contributed by atoms with Crippen molar-refractivity contribution in [2.45, 2.75) is 77.7 Å². The molecular weight excluding hydrogens is 338 g/mol. The maximum absolute atomic E-state index is 5.51. The van der Waals surface area contributed by atoms with Gasteiger partial charge in [-0.25, -0.2) is 4.98 Å². The van der Waals surface area contributed by atoms with Crippen LogP contribution in [-0.4, -0.2) is 18.2 Å². The summed E-state index contributed by atoms with van der Waals surface area (Å²) in [5.74, 6) is 1.58. The van der Waals surface area contributed by atoms with E-state index in [0.29, 0.717) is 6.10 Å². The van der Waals surface area contributed by atoms with Gasteiger partial charge in [0.05, 0.1) is 16.8 Å². The van der Waals surface area contributed by atoms with Crippen LogP contribution < -0.4 is 0 Å². The lowest BCUT2D eigenvalue weighted by Crippen LogP contribution is -2.09. The first-order valence-electron chi connectivity index (χ1n) is 10.1. The van der Waals surface area contributed by atoms with E-state index in [0.717, 1.165) is 49.6 Å². The molecule has 0 aromatic carbocycles. The summed E-state index contributed by atoms with van der Waals surface area (Å²) < 4.78 is 5.51. The zero-order valence-corrected chi connectivity index (χ0v) is 17.7. The molecule has 2 rings (SSSR count). The molecular formula is C23H35NOS. The molecule has 3 heteroatoms. The lowest BCUT2D eigenvalue weighted by molar-refractivity contribution is 0.0876. The van der Waals surface area contributed by atoms with E-state index >= 15 is 0 Å². The molecule has 0 spiro atoms. The minimum Gasteiger partial charge on any atom is -0.381 e. The van der Waals surface area contributed by atoms with Crippen molar-refractivity contribution >= 4 is 17.4 Å². The molecule has 0 amide bonds. The van der Waals surface area contributed by atoms with Crippen LogP contribution in [0.4, 0.5) is 0 Å². The van der Waals surface area contributed by atoms with Crippen LogP contribution in [0.3, 0.4) is 0 Å². The van der Waals surface area contributed by atoms with Gasteiger partial charge in [0.15, 0.2) is 0 Å². The van der Waals surface area contributed by atoms with Gasteiger partial charge in [-0.2, -0.15) is 0 Å². The Bertz CT molecular complexity index is 613. The summed E-state index contributed by atoms with van der Waals surface area (Å²) >= 11 is 1.82. The maximum atomic E-state index is 5.51. The van der Waals surface area contributed by atoms with E-state index in [4.69, 9.17) is 9.72 Å². The number of unbranched alkanes of at least 4 members (excludes halogenated alkanes) is 1. The summed E-state index contributed by atoms with van der Waals surface area (Å²) in [7, 11) is 1.83. The second-order valence-corrected chi connectivity index (χ2v) is 8.43. The summed E-state index contributed by atoms with van der Waals surface area (Å²) in [6, 6.07) is 0. The highest BCUT2D eigenvalue weighted by molar-refractivity contribution is 7.09. The van der Waals surface area contributed by atoms with Crippen LogP contribution in [0, 0.1) is 5.92 Å². The molecule has 1 aliphatic rings. The number of methoxy groups -OCH3 is 1. The van der Waals surface area contributed by atoms with Gasteiger partial charge in [0.25, 0.3) is 0 Å². The van der Waals surface area contributed by atoms with Gasteiger partial charge in [-0.05, 0) is 57.4 Å². The van der Waals surface area contributed by atoms with Crippen LogP contribution >= 0.6 is 11.3 Å². The number of hydrogen-bond acceptors (Lipinski definition) is 3. The minimum atomic E-state index is 0.409. The summed E-state index contributed by atoms with van der Waals surface area (Å²) in [6.07, 6.45) is 19.6. The third-order valence-electron chi connectivity index (χ3n) is 5.08. The fraction of sp³-hybridized carbons (Fsp3) is 0.609. The van der Waals surface area contributed by atoms with Gasteiger partial charge in [-0.1, -0.05) is 50.1 Å². The Morgan fingerprint density at radius 1 is 1.35 bits per heavy atom. The number of allylic oxidation sites excluding steroid dienone is 5. The van der Waals surface area contributed by atoms with Gasteiger partial charge in [0.2, 0.25) is 0 Å². The van der Waals surface area contributed by atoms with E-state index in [-0.39, 0.29) is 0 Å². The maximum Gasteiger partial charge on any atom is 0.0966 e. The normalized spacial score (nSPS) is 21.8. The fourth-order valence-electron chi connectivity index (χ4n) is 3.11. The monoisotopic (exact) mass is 373 g/mol. The van der Waals surface area contributed by atoms with Crippen molar-refractivity contribution in [3.8, 4) is 0 Å². The first-order chi connectivity index (χ1) is 12.6. The first kappa shape index (κ1) is 21.1. The van der Waals surface area contributed by atoms with E-state index in [1.807, 2.05) is 18.4 Å². The molecule has 26 heavy (non-hydrogen) atoms. The number of ether oxygens (including phenoxy) is 1. The van der Waals surface area contributed by atoms with Crippen molar-refractivity contribution in [1.82, 2.24) is 4.98 Å². The molecule has 144 valence electrons. The third kappa shape index (κ3) is 7.59. The molecule has 1 fully saturated rings. The summed E-state index contributed by atoms with van der Waals surface area (Å²) in [5.41, 5.74) is 2.56. The Hall–Kier alpha value is -1.19. The smallest absolute Gasteiger partial charge is 0.0966 e. The molecule has 0 radical (unpaired) electrons. The Balaban J connectivity index is 1.61. The summed E-state index contributed by atoms with van der Waals surface area (Å²) in [6.45, 7) is 6.74. The molecule has 0 bridgehead atoms. The molecule has 0 aliphatic heterocycles. The number of rotatable bonds is 12. The van der Waals surface area contributed by atoms with Gasteiger partial charge in [-0.15, -0.1) is 11.3 Å². The highest BCUT2D eigenvalue weighted by Gasteiger charge is 2.36. The van der Waals surface area contributed by atoms with Gasteiger partial charge in [0, 0.05) is 18.4 Å². The van der Waals surface area contributed by atoms with E-state index in [1.165, 1.54) is 23.4 Å². The van der Waals surface area contributed by atoms with E-state index in [9.17, 15) is 0 Å². The lowest BCUT2D eigenvalue weighted by Gasteiger charge is -2.13. The van der Waals surface area contributed by atoms with Crippen molar-refractivity contribution in [2.75, 3.05) is 7.11 Å². The molecule has 3 atom stereocenters. The van der Waals surface area contributed by atoms with Gasteiger partial charge >= 0.3 is 0 Å². The van der Waals surface area contributed by atoms with Crippen molar-refractivity contribution < 1.29 is 4.74 Å². The molecule has 1 saturated carbocycles. The van der Waals surface area contributed by atoms with Crippen LogP contribution in [0.5, 0.6) is 0 Å². The third-order valence-corrected chi connectivity index (χ3v) is 6.07. The van der Waals surface area contributed by atoms with Crippen LogP contribution in [0.2, 0.25) is 0 Å². The first-order valence-corrected chi connectivity index (χ1v) is 11.0. The average Bonchev–Trinajstić information content (AvgIpc) is 3.18. The van der Waals surface area contributed by atoms with Crippen molar-refractivity contribution in [2.24, 2.45) is 5.92 Å². The summed E-state index contributed by atoms with van der Waals surface area (Å²) in [5, 5.41) is 3.51. The molecule has 1 heterocycles. The SMILES string of the molecule is CCC[C@@H](CC/C(C)=C/C=C/CC/C=C\c1csc(C2CC2C)n1)OC. The number of thiazole rings is 1. The zero-order chi connectivity index (χ0) is 18.8. The molecule has 0 N–H and O–H groups in total. The number of nitrogens with zero attached hydrogens (tertiary/aromatic N) is 1. The molecule has 1 aromatic rings. The van der Waals surface area contributed by atoms with E-state index < -0.39 is 0 Å². The van der Waals surface area contributed by atoms with Gasteiger partial charge < -0.3 is 4.74 Å². The van der Waals surface area contributed by atoms with Crippen molar-refractivity contribution in [3.05, 3.63) is 46.0 Å². The summed E-state index contributed by atoms with van der Waals surface area (Å²) in [4.78, 5) is 4.73. The van der Waals surface area contributed by atoms with Gasteiger partial charge in [0.1, 0.15) is 0 Å². The Labute approximate surface area is 164 Å². The van der Waals surface area contributed by atoms with E-state index in [1.54, 1.807) is 0 Å². The van der Waals surface area contributed by atoms with Crippen LogP contribution in [-0.2, 0) is 4.74 Å². The van der Waals surface area contributed by atoms with Crippen LogP contribution in [0.25, 0.3) is 6.08 Å². The minimum absolute atomic E-state index is 0.409.